The van der Waals surface area contributed by atoms with Crippen LogP contribution >= 0.6 is 15.9 Å². The number of halogens is 1. The average Bonchev–Trinajstić information content (AvgIpc) is 2.21. The summed E-state index contributed by atoms with van der Waals surface area (Å²) >= 11 is 3.26. The van der Waals surface area contributed by atoms with E-state index in [-0.39, 0.29) is 5.91 Å². The molecule has 0 radical (unpaired) electrons. The molecule has 1 amide bonds. The van der Waals surface area contributed by atoms with E-state index in [1.165, 1.54) is 0 Å². The van der Waals surface area contributed by atoms with E-state index < -0.39 is 5.41 Å². The molecule has 0 aliphatic rings. The van der Waals surface area contributed by atoms with Crippen LogP contribution in [0.25, 0.3) is 0 Å². The Morgan fingerprint density at radius 3 is 2.87 bits per heavy atom. The lowest BCUT2D eigenvalue weighted by molar-refractivity contribution is -0.123. The Kier molecular flexibility index (Phi) is 3.82. The minimum Gasteiger partial charge on any atom is -0.329 e. The number of nitrogens with zero attached hydrogens (tertiary/aromatic N) is 1. The van der Waals surface area contributed by atoms with E-state index in [9.17, 15) is 4.79 Å². The summed E-state index contributed by atoms with van der Waals surface area (Å²) in [7, 11) is 0. The fourth-order valence-electron chi connectivity index (χ4n) is 0.863. The molecule has 0 aliphatic carbocycles. The molecule has 1 aromatic heterocycles. The van der Waals surface area contributed by atoms with Crippen molar-refractivity contribution < 1.29 is 4.79 Å². The molecule has 0 unspecified atom stereocenters. The molecule has 0 bridgehead atoms. The minimum absolute atomic E-state index is 0.112. The van der Waals surface area contributed by atoms with E-state index in [2.05, 4.69) is 26.2 Å². The van der Waals surface area contributed by atoms with Crippen LogP contribution in [0.4, 0.5) is 5.69 Å². The van der Waals surface area contributed by atoms with Crippen LogP contribution in [-0.4, -0.2) is 17.4 Å². The largest absolute Gasteiger partial charge is 0.329 e. The summed E-state index contributed by atoms with van der Waals surface area (Å²) in [5.74, 6) is -0.112. The van der Waals surface area contributed by atoms with E-state index >= 15 is 0 Å². The normalized spacial score (nSPS) is 11.2. The first-order valence-corrected chi connectivity index (χ1v) is 5.39. The number of rotatable bonds is 3. The summed E-state index contributed by atoms with van der Waals surface area (Å²) in [6, 6.07) is 3.54. The van der Waals surface area contributed by atoms with Gasteiger partial charge in [-0.25, -0.2) is 4.98 Å². The number of nitrogens with two attached hydrogens (primary N) is 1. The second kappa shape index (κ2) is 4.72. The van der Waals surface area contributed by atoms with Crippen molar-refractivity contribution in [3.05, 3.63) is 22.9 Å². The molecule has 1 heterocycles. The number of amides is 1. The van der Waals surface area contributed by atoms with Crippen molar-refractivity contribution in [3.8, 4) is 0 Å². The summed E-state index contributed by atoms with van der Waals surface area (Å²) in [5, 5.41) is 2.77. The molecule has 0 aliphatic heterocycles. The maximum absolute atomic E-state index is 11.8. The highest BCUT2D eigenvalue weighted by molar-refractivity contribution is 9.10. The van der Waals surface area contributed by atoms with Crippen molar-refractivity contribution >= 4 is 27.5 Å². The number of carbonyl (C=O) groups excluding carboxylic acids is 1. The third-order valence-corrected chi connectivity index (χ3v) is 2.76. The number of hydrogen-bond donors (Lipinski definition) is 2. The number of aromatic nitrogens is 1. The number of carbonyl (C=O) groups is 1. The molecule has 0 fully saturated rings. The first kappa shape index (κ1) is 12.1. The average molecular weight is 272 g/mol. The highest BCUT2D eigenvalue weighted by Gasteiger charge is 2.26. The zero-order chi connectivity index (χ0) is 11.5. The first-order chi connectivity index (χ1) is 6.97. The quantitative estimate of drug-likeness (QED) is 0.824. The predicted molar refractivity (Wildman–Crippen MR) is 63.4 cm³/mol. The Morgan fingerprint density at radius 1 is 1.67 bits per heavy atom. The van der Waals surface area contributed by atoms with Crippen LogP contribution in [0.15, 0.2) is 22.9 Å². The molecular formula is C10H14BrN3O. The van der Waals surface area contributed by atoms with Gasteiger partial charge in [-0.15, -0.1) is 0 Å². The van der Waals surface area contributed by atoms with Gasteiger partial charge in [0.2, 0.25) is 5.91 Å². The second-order valence-corrected chi connectivity index (χ2v) is 4.64. The van der Waals surface area contributed by atoms with Crippen LogP contribution in [0.1, 0.15) is 13.8 Å². The Bertz CT molecular complexity index is 365. The molecular weight excluding hydrogens is 258 g/mol. The van der Waals surface area contributed by atoms with E-state index in [0.29, 0.717) is 16.8 Å². The minimum atomic E-state index is -0.574. The van der Waals surface area contributed by atoms with Crippen molar-refractivity contribution in [2.75, 3.05) is 11.9 Å². The third kappa shape index (κ3) is 3.00. The molecule has 0 saturated heterocycles. The van der Waals surface area contributed by atoms with Crippen molar-refractivity contribution in [1.29, 1.82) is 0 Å². The third-order valence-electron chi connectivity index (χ3n) is 2.13. The molecule has 5 heteroatoms. The molecule has 0 spiro atoms. The molecule has 0 saturated carbocycles. The number of pyridine rings is 1. The molecule has 15 heavy (non-hydrogen) atoms. The van der Waals surface area contributed by atoms with Gasteiger partial charge in [-0.2, -0.15) is 0 Å². The van der Waals surface area contributed by atoms with Gasteiger partial charge >= 0.3 is 0 Å². The molecule has 0 atom stereocenters. The smallest absolute Gasteiger partial charge is 0.231 e. The number of nitrogens with one attached hydrogen (secondary N) is 1. The van der Waals surface area contributed by atoms with Gasteiger partial charge < -0.3 is 11.1 Å². The maximum Gasteiger partial charge on any atom is 0.231 e. The predicted octanol–water partition coefficient (Wildman–Crippen LogP) is 1.77. The van der Waals surface area contributed by atoms with E-state index in [1.807, 2.05) is 0 Å². The SMILES string of the molecule is CC(C)(CN)C(=O)Nc1cccnc1Br. The van der Waals surface area contributed by atoms with Gasteiger partial charge in [-0.05, 0) is 41.9 Å². The lowest BCUT2D eigenvalue weighted by Crippen LogP contribution is -2.37. The Balaban J connectivity index is 2.80. The van der Waals surface area contributed by atoms with Crippen LogP contribution in [0.3, 0.4) is 0 Å². The standard InChI is InChI=1S/C10H14BrN3O/c1-10(2,6-12)9(15)14-7-4-3-5-13-8(7)11/h3-5H,6,12H2,1-2H3,(H,14,15). The van der Waals surface area contributed by atoms with Crippen molar-refractivity contribution in [1.82, 2.24) is 4.98 Å². The first-order valence-electron chi connectivity index (χ1n) is 4.59. The molecule has 82 valence electrons. The van der Waals surface area contributed by atoms with Gasteiger partial charge in [0.25, 0.3) is 0 Å². The van der Waals surface area contributed by atoms with Crippen molar-refractivity contribution in [2.24, 2.45) is 11.1 Å². The lowest BCUT2D eigenvalue weighted by atomic mass is 9.93. The highest BCUT2D eigenvalue weighted by Crippen LogP contribution is 2.22. The summed E-state index contributed by atoms with van der Waals surface area (Å²) in [4.78, 5) is 15.8. The topological polar surface area (TPSA) is 68.0 Å². The van der Waals surface area contributed by atoms with Crippen molar-refractivity contribution in [2.45, 2.75) is 13.8 Å². The summed E-state index contributed by atoms with van der Waals surface area (Å²) < 4.78 is 0.617. The second-order valence-electron chi connectivity index (χ2n) is 3.88. The summed E-state index contributed by atoms with van der Waals surface area (Å²) in [6.07, 6.45) is 1.65. The zero-order valence-corrected chi connectivity index (χ0v) is 10.3. The lowest BCUT2D eigenvalue weighted by Gasteiger charge is -2.21. The zero-order valence-electron chi connectivity index (χ0n) is 8.75. The van der Waals surface area contributed by atoms with Crippen molar-refractivity contribution in [3.63, 3.8) is 0 Å². The monoisotopic (exact) mass is 271 g/mol. The van der Waals surface area contributed by atoms with Gasteiger partial charge in [0.15, 0.2) is 0 Å². The van der Waals surface area contributed by atoms with E-state index in [1.54, 1.807) is 32.2 Å². The molecule has 1 aromatic rings. The number of anilines is 1. The van der Waals surface area contributed by atoms with Crippen LogP contribution in [0, 0.1) is 5.41 Å². The van der Waals surface area contributed by atoms with Gasteiger partial charge in [-0.3, -0.25) is 4.79 Å². The highest BCUT2D eigenvalue weighted by atomic mass is 79.9. The molecule has 1 rings (SSSR count). The Labute approximate surface area is 97.4 Å². The van der Waals surface area contributed by atoms with Crippen LogP contribution < -0.4 is 11.1 Å². The molecule has 4 nitrogen and oxygen atoms in total. The van der Waals surface area contributed by atoms with Crippen LogP contribution in [-0.2, 0) is 4.79 Å². The fraction of sp³-hybridized carbons (Fsp3) is 0.400. The van der Waals surface area contributed by atoms with Crippen LogP contribution in [0.5, 0.6) is 0 Å². The Morgan fingerprint density at radius 2 is 2.33 bits per heavy atom. The molecule has 0 aromatic carbocycles. The summed E-state index contributed by atoms with van der Waals surface area (Å²) in [5.41, 5.74) is 5.59. The van der Waals surface area contributed by atoms with Gasteiger partial charge in [0, 0.05) is 12.7 Å². The van der Waals surface area contributed by atoms with Gasteiger partial charge in [0.1, 0.15) is 4.60 Å². The van der Waals surface area contributed by atoms with Crippen LogP contribution in [0.2, 0.25) is 0 Å². The Hall–Kier alpha value is -0.940. The number of hydrogen-bond acceptors (Lipinski definition) is 3. The fourth-order valence-corrected chi connectivity index (χ4v) is 1.21. The van der Waals surface area contributed by atoms with Gasteiger partial charge in [0.05, 0.1) is 11.1 Å². The maximum atomic E-state index is 11.8. The van der Waals surface area contributed by atoms with E-state index in [4.69, 9.17) is 5.73 Å². The van der Waals surface area contributed by atoms with E-state index in [0.717, 1.165) is 0 Å². The molecule has 3 N–H and O–H groups in total. The van der Waals surface area contributed by atoms with Gasteiger partial charge in [-0.1, -0.05) is 0 Å². The summed E-state index contributed by atoms with van der Waals surface area (Å²) in [6.45, 7) is 3.90.